The van der Waals surface area contributed by atoms with Crippen molar-refractivity contribution in [2.45, 2.75) is 58.3 Å². The number of alkyl carbamates (subject to hydrolysis) is 2. The van der Waals surface area contributed by atoms with Crippen molar-refractivity contribution in [2.24, 2.45) is 0 Å². The molecule has 0 rings (SSSR count). The summed E-state index contributed by atoms with van der Waals surface area (Å²) in [4.78, 5) is 23.0. The van der Waals surface area contributed by atoms with Crippen molar-refractivity contribution in [3.63, 3.8) is 0 Å². The lowest BCUT2D eigenvalue weighted by atomic mass is 10.1. The van der Waals surface area contributed by atoms with Crippen LogP contribution in [-0.2, 0) is 9.47 Å². The third-order valence-electron chi connectivity index (χ3n) is 2.06. The minimum absolute atomic E-state index is 0.395. The van der Waals surface area contributed by atoms with Crippen LogP contribution in [0.25, 0.3) is 0 Å². The van der Waals surface area contributed by atoms with Crippen LogP contribution in [-0.4, -0.2) is 47.2 Å². The van der Waals surface area contributed by atoms with Gasteiger partial charge >= 0.3 is 12.2 Å². The zero-order valence-corrected chi connectivity index (χ0v) is 13.9. The Morgan fingerprint density at radius 1 is 0.955 bits per heavy atom. The van der Waals surface area contributed by atoms with Crippen LogP contribution in [0.15, 0.2) is 0 Å². The number of nitrogens with one attached hydrogen (secondary N) is 2. The maximum Gasteiger partial charge on any atom is 0.407 e. The second-order valence-electron chi connectivity index (χ2n) is 6.85. The second-order valence-corrected chi connectivity index (χ2v) is 6.85. The SMILES string of the molecule is CC(C)(C)OC(=O)NCC(O)(C#N)CNC(=O)OC(C)(C)C. The van der Waals surface area contributed by atoms with Crippen molar-refractivity contribution < 1.29 is 24.2 Å². The Labute approximate surface area is 130 Å². The quantitative estimate of drug-likeness (QED) is 0.672. The van der Waals surface area contributed by atoms with Crippen LogP contribution < -0.4 is 10.6 Å². The van der Waals surface area contributed by atoms with Crippen LogP contribution in [0.2, 0.25) is 0 Å². The number of aliphatic hydroxyl groups is 1. The molecule has 0 aromatic rings. The molecule has 0 spiro atoms. The zero-order chi connectivity index (χ0) is 17.6. The summed E-state index contributed by atoms with van der Waals surface area (Å²) < 4.78 is 9.97. The first kappa shape index (κ1) is 20.0. The summed E-state index contributed by atoms with van der Waals surface area (Å²) in [5.41, 5.74) is -3.35. The molecule has 0 saturated heterocycles. The predicted octanol–water partition coefficient (Wildman–Crippen LogP) is 1.29. The molecule has 0 saturated carbocycles. The molecule has 0 aliphatic carbocycles. The summed E-state index contributed by atoms with van der Waals surface area (Å²) in [5, 5.41) is 23.6. The normalized spacial score (nSPS) is 12.1. The predicted molar refractivity (Wildman–Crippen MR) is 79.0 cm³/mol. The van der Waals surface area contributed by atoms with Gasteiger partial charge in [0.15, 0.2) is 5.60 Å². The van der Waals surface area contributed by atoms with Crippen LogP contribution in [0.3, 0.4) is 0 Å². The molecule has 0 bridgehead atoms. The molecule has 3 N–H and O–H groups in total. The molecular formula is C14H25N3O5. The van der Waals surface area contributed by atoms with E-state index in [1.165, 1.54) is 0 Å². The zero-order valence-electron chi connectivity index (χ0n) is 13.9. The van der Waals surface area contributed by atoms with Crippen molar-refractivity contribution >= 4 is 12.2 Å². The highest BCUT2D eigenvalue weighted by molar-refractivity contribution is 5.68. The Morgan fingerprint density at radius 3 is 1.50 bits per heavy atom. The number of nitrogens with zero attached hydrogens (tertiary/aromatic N) is 1. The molecule has 0 aromatic heterocycles. The fourth-order valence-corrected chi connectivity index (χ4v) is 1.21. The fraction of sp³-hybridized carbons (Fsp3) is 0.786. The Morgan fingerprint density at radius 2 is 1.27 bits per heavy atom. The summed E-state index contributed by atoms with van der Waals surface area (Å²) in [6, 6.07) is 1.63. The molecule has 126 valence electrons. The molecule has 0 radical (unpaired) electrons. The second kappa shape index (κ2) is 7.31. The highest BCUT2D eigenvalue weighted by atomic mass is 16.6. The lowest BCUT2D eigenvalue weighted by Gasteiger charge is -2.25. The van der Waals surface area contributed by atoms with Gasteiger partial charge in [0.25, 0.3) is 0 Å². The van der Waals surface area contributed by atoms with E-state index < -0.39 is 42.1 Å². The van der Waals surface area contributed by atoms with Crippen molar-refractivity contribution in [1.82, 2.24) is 10.6 Å². The van der Waals surface area contributed by atoms with E-state index in [1.807, 2.05) is 0 Å². The molecule has 0 unspecified atom stereocenters. The molecule has 0 aliphatic heterocycles. The number of carbonyl (C=O) groups is 2. The molecule has 22 heavy (non-hydrogen) atoms. The van der Waals surface area contributed by atoms with Gasteiger partial charge in [0.1, 0.15) is 17.3 Å². The largest absolute Gasteiger partial charge is 0.444 e. The third kappa shape index (κ3) is 9.83. The topological polar surface area (TPSA) is 121 Å². The van der Waals surface area contributed by atoms with Gasteiger partial charge in [-0.3, -0.25) is 0 Å². The Bertz CT molecular complexity index is 411. The number of ether oxygens (including phenoxy) is 2. The van der Waals surface area contributed by atoms with Crippen molar-refractivity contribution in [3.8, 4) is 6.07 Å². The monoisotopic (exact) mass is 315 g/mol. The maximum atomic E-state index is 11.5. The first-order valence-corrected chi connectivity index (χ1v) is 6.84. The van der Waals surface area contributed by atoms with Gasteiger partial charge < -0.3 is 25.2 Å². The van der Waals surface area contributed by atoms with E-state index in [0.717, 1.165) is 0 Å². The standard InChI is InChI=1S/C14H25N3O5/c1-12(2,3)21-10(18)16-8-14(20,7-15)9-17-11(19)22-13(4,5)6/h20H,8-9H2,1-6H3,(H,16,18)(H,17,19). The average Bonchev–Trinajstić information content (AvgIpc) is 2.30. The summed E-state index contributed by atoms with van der Waals surface area (Å²) in [7, 11) is 0. The van der Waals surface area contributed by atoms with Gasteiger partial charge in [0.2, 0.25) is 0 Å². The number of nitriles is 1. The average molecular weight is 315 g/mol. The Hall–Kier alpha value is -2.01. The molecule has 2 amide bonds. The van der Waals surface area contributed by atoms with Crippen molar-refractivity contribution in [1.29, 1.82) is 5.26 Å². The van der Waals surface area contributed by atoms with E-state index in [9.17, 15) is 14.7 Å². The molecule has 8 nitrogen and oxygen atoms in total. The fourth-order valence-electron chi connectivity index (χ4n) is 1.21. The number of carbonyl (C=O) groups excluding carboxylic acids is 2. The number of hydrogen-bond acceptors (Lipinski definition) is 6. The van der Waals surface area contributed by atoms with Gasteiger partial charge in [0.05, 0.1) is 13.1 Å². The van der Waals surface area contributed by atoms with Gasteiger partial charge in [-0.25, -0.2) is 9.59 Å². The lowest BCUT2D eigenvalue weighted by molar-refractivity contribution is 0.0369. The van der Waals surface area contributed by atoms with Gasteiger partial charge in [-0.05, 0) is 41.5 Å². The van der Waals surface area contributed by atoms with Crippen LogP contribution in [0.1, 0.15) is 41.5 Å². The highest BCUT2D eigenvalue weighted by Crippen LogP contribution is 2.08. The lowest BCUT2D eigenvalue weighted by Crippen LogP contribution is -2.51. The van der Waals surface area contributed by atoms with Crippen LogP contribution in [0.4, 0.5) is 9.59 Å². The Balaban J connectivity index is 4.40. The summed E-state index contributed by atoms with van der Waals surface area (Å²) in [6.07, 6.45) is -1.53. The van der Waals surface area contributed by atoms with Crippen LogP contribution >= 0.6 is 0 Å². The van der Waals surface area contributed by atoms with E-state index in [-0.39, 0.29) is 0 Å². The Kier molecular flexibility index (Phi) is 6.64. The van der Waals surface area contributed by atoms with E-state index in [0.29, 0.717) is 0 Å². The highest BCUT2D eigenvalue weighted by Gasteiger charge is 2.30. The molecule has 0 aromatic carbocycles. The minimum atomic E-state index is -1.96. The van der Waals surface area contributed by atoms with E-state index in [1.54, 1.807) is 47.6 Å². The smallest absolute Gasteiger partial charge is 0.407 e. The van der Waals surface area contributed by atoms with E-state index in [4.69, 9.17) is 14.7 Å². The van der Waals surface area contributed by atoms with Crippen LogP contribution in [0.5, 0.6) is 0 Å². The third-order valence-corrected chi connectivity index (χ3v) is 2.06. The van der Waals surface area contributed by atoms with Crippen molar-refractivity contribution in [2.75, 3.05) is 13.1 Å². The summed E-state index contributed by atoms with van der Waals surface area (Å²) in [5.74, 6) is 0. The first-order valence-electron chi connectivity index (χ1n) is 6.84. The first-order chi connectivity index (χ1) is 9.76. The van der Waals surface area contributed by atoms with Crippen LogP contribution in [0, 0.1) is 11.3 Å². The molecule has 0 atom stereocenters. The molecule has 8 heteroatoms. The minimum Gasteiger partial charge on any atom is -0.444 e. The van der Waals surface area contributed by atoms with Gasteiger partial charge in [0, 0.05) is 0 Å². The molecule has 0 aliphatic rings. The maximum absolute atomic E-state index is 11.5. The van der Waals surface area contributed by atoms with Gasteiger partial charge in [-0.2, -0.15) is 5.26 Å². The van der Waals surface area contributed by atoms with Crippen molar-refractivity contribution in [3.05, 3.63) is 0 Å². The summed E-state index contributed by atoms with van der Waals surface area (Å²) >= 11 is 0. The number of rotatable bonds is 4. The molecular weight excluding hydrogens is 290 g/mol. The van der Waals surface area contributed by atoms with E-state index in [2.05, 4.69) is 10.6 Å². The number of hydrogen-bond donors (Lipinski definition) is 3. The molecule has 0 fully saturated rings. The summed E-state index contributed by atoms with van der Waals surface area (Å²) in [6.45, 7) is 9.34. The van der Waals surface area contributed by atoms with Gasteiger partial charge in [-0.1, -0.05) is 0 Å². The molecule has 0 heterocycles. The number of amides is 2. The van der Waals surface area contributed by atoms with E-state index >= 15 is 0 Å². The van der Waals surface area contributed by atoms with Gasteiger partial charge in [-0.15, -0.1) is 0 Å².